The van der Waals surface area contributed by atoms with Crippen LogP contribution in [0.3, 0.4) is 0 Å². The largest absolute Gasteiger partial charge is 0.507 e. The lowest BCUT2D eigenvalue weighted by atomic mass is 10.2. The van der Waals surface area contributed by atoms with Crippen LogP contribution < -0.4 is 0 Å². The molecule has 1 aromatic heterocycles. The Morgan fingerprint density at radius 3 is 2.67 bits per heavy atom. The summed E-state index contributed by atoms with van der Waals surface area (Å²) < 4.78 is 1.98. The van der Waals surface area contributed by atoms with Crippen molar-refractivity contribution < 1.29 is 10.0 Å². The first kappa shape index (κ1) is 16.5. The maximum Gasteiger partial charge on any atom is 0.270 e. The smallest absolute Gasteiger partial charge is 0.270 e. The zero-order valence-corrected chi connectivity index (χ0v) is 14.1. The summed E-state index contributed by atoms with van der Waals surface area (Å²) in [6.45, 7) is 0. The van der Waals surface area contributed by atoms with Crippen molar-refractivity contribution in [2.24, 2.45) is 4.99 Å². The maximum absolute atomic E-state index is 10.9. The highest BCUT2D eigenvalue weighted by Crippen LogP contribution is 2.25. The lowest BCUT2D eigenvalue weighted by molar-refractivity contribution is -0.384. The minimum Gasteiger partial charge on any atom is -0.507 e. The number of nitro groups is 1. The van der Waals surface area contributed by atoms with Crippen molar-refractivity contribution in [2.75, 3.05) is 0 Å². The highest BCUT2D eigenvalue weighted by atomic mass is 16.6. The first-order valence-electron chi connectivity index (χ1n) is 8.16. The van der Waals surface area contributed by atoms with E-state index in [4.69, 9.17) is 0 Å². The number of hydrogen-bond acceptors (Lipinski definition) is 5. The van der Waals surface area contributed by atoms with Gasteiger partial charge >= 0.3 is 0 Å². The molecule has 0 spiro atoms. The third kappa shape index (κ3) is 3.25. The SMILES string of the molecule is O=[N+]([O-])c1ccc(O)c(C=Nc2ccc3c(c2)ncn3-c2ccccc2)c1. The molecule has 1 heterocycles. The third-order valence-corrected chi connectivity index (χ3v) is 4.14. The number of para-hydroxylation sites is 1. The molecule has 1 N–H and O–H groups in total. The van der Waals surface area contributed by atoms with E-state index in [0.717, 1.165) is 16.7 Å². The summed E-state index contributed by atoms with van der Waals surface area (Å²) in [5, 5.41) is 20.7. The summed E-state index contributed by atoms with van der Waals surface area (Å²) in [5.74, 6) is -0.0706. The van der Waals surface area contributed by atoms with E-state index in [-0.39, 0.29) is 17.0 Å². The first-order chi connectivity index (χ1) is 13.1. The quantitative estimate of drug-likeness (QED) is 0.332. The van der Waals surface area contributed by atoms with Gasteiger partial charge in [-0.3, -0.25) is 19.7 Å². The number of non-ortho nitro benzene ring substituents is 1. The summed E-state index contributed by atoms with van der Waals surface area (Å²) in [6, 6.07) is 19.2. The third-order valence-electron chi connectivity index (χ3n) is 4.14. The molecule has 4 rings (SSSR count). The molecule has 0 amide bonds. The highest BCUT2D eigenvalue weighted by molar-refractivity contribution is 5.88. The number of aliphatic imine (C=N–C) groups is 1. The molecular formula is C20H14N4O3. The van der Waals surface area contributed by atoms with Gasteiger partial charge in [-0.1, -0.05) is 18.2 Å². The fourth-order valence-corrected chi connectivity index (χ4v) is 2.78. The van der Waals surface area contributed by atoms with Crippen LogP contribution in [0.1, 0.15) is 5.56 Å². The number of rotatable bonds is 4. The highest BCUT2D eigenvalue weighted by Gasteiger charge is 2.09. The van der Waals surface area contributed by atoms with E-state index in [0.29, 0.717) is 5.69 Å². The molecule has 0 saturated heterocycles. The van der Waals surface area contributed by atoms with Crippen molar-refractivity contribution in [1.82, 2.24) is 9.55 Å². The van der Waals surface area contributed by atoms with Crippen LogP contribution in [0.5, 0.6) is 5.75 Å². The van der Waals surface area contributed by atoms with Crippen molar-refractivity contribution in [3.8, 4) is 11.4 Å². The number of nitro benzene ring substituents is 1. The van der Waals surface area contributed by atoms with Crippen molar-refractivity contribution in [2.45, 2.75) is 0 Å². The molecule has 0 aliphatic carbocycles. The summed E-state index contributed by atoms with van der Waals surface area (Å²) >= 11 is 0. The molecule has 7 heteroatoms. The monoisotopic (exact) mass is 358 g/mol. The molecule has 4 aromatic rings. The number of phenolic OH excluding ortho intramolecular Hbond substituents is 1. The topological polar surface area (TPSA) is 93.6 Å². The van der Waals surface area contributed by atoms with Crippen LogP contribution >= 0.6 is 0 Å². The Labute approximate surface area is 154 Å². The molecule has 7 nitrogen and oxygen atoms in total. The fourth-order valence-electron chi connectivity index (χ4n) is 2.78. The van der Waals surface area contributed by atoms with Gasteiger partial charge in [0.1, 0.15) is 12.1 Å². The van der Waals surface area contributed by atoms with Crippen molar-refractivity contribution >= 4 is 28.6 Å². The predicted molar refractivity (Wildman–Crippen MR) is 103 cm³/mol. The lowest BCUT2D eigenvalue weighted by Gasteiger charge is -2.03. The molecule has 0 saturated carbocycles. The summed E-state index contributed by atoms with van der Waals surface area (Å²) in [7, 11) is 0. The van der Waals surface area contributed by atoms with Crippen LogP contribution in [0.15, 0.2) is 78.0 Å². The van der Waals surface area contributed by atoms with Crippen molar-refractivity contribution in [1.29, 1.82) is 0 Å². The number of hydrogen-bond donors (Lipinski definition) is 1. The Kier molecular flexibility index (Phi) is 4.10. The van der Waals surface area contributed by atoms with Crippen LogP contribution in [0, 0.1) is 10.1 Å². The van der Waals surface area contributed by atoms with Crippen LogP contribution in [-0.4, -0.2) is 25.8 Å². The van der Waals surface area contributed by atoms with Crippen LogP contribution in [-0.2, 0) is 0 Å². The van der Waals surface area contributed by atoms with E-state index in [1.807, 2.05) is 53.1 Å². The normalized spacial score (nSPS) is 11.3. The number of nitrogens with zero attached hydrogens (tertiary/aromatic N) is 4. The van der Waals surface area contributed by atoms with Crippen LogP contribution in [0.25, 0.3) is 16.7 Å². The molecular weight excluding hydrogens is 344 g/mol. The van der Waals surface area contributed by atoms with E-state index in [2.05, 4.69) is 9.98 Å². The molecule has 0 bridgehead atoms. The van der Waals surface area contributed by atoms with Gasteiger partial charge in [0, 0.05) is 29.6 Å². The average Bonchev–Trinajstić information content (AvgIpc) is 3.11. The Balaban J connectivity index is 1.67. The minimum absolute atomic E-state index is 0.0706. The van der Waals surface area contributed by atoms with Gasteiger partial charge < -0.3 is 5.11 Å². The standard InChI is InChI=1S/C20H14N4O3/c25-20-9-7-17(24(26)27)10-14(20)12-21-15-6-8-19-18(11-15)22-13-23(19)16-4-2-1-3-5-16/h1-13,25H. The maximum atomic E-state index is 10.9. The summed E-state index contributed by atoms with van der Waals surface area (Å²) in [4.78, 5) is 19.1. The van der Waals surface area contributed by atoms with E-state index < -0.39 is 4.92 Å². The van der Waals surface area contributed by atoms with E-state index in [1.165, 1.54) is 24.4 Å². The van der Waals surface area contributed by atoms with Gasteiger partial charge in [-0.15, -0.1) is 0 Å². The van der Waals surface area contributed by atoms with Crippen LogP contribution in [0.2, 0.25) is 0 Å². The second kappa shape index (κ2) is 6.72. The summed E-state index contributed by atoms with van der Waals surface area (Å²) in [5.41, 5.74) is 3.53. The number of imidazole rings is 1. The van der Waals surface area contributed by atoms with Gasteiger partial charge in [-0.05, 0) is 36.4 Å². The van der Waals surface area contributed by atoms with E-state index in [9.17, 15) is 15.2 Å². The van der Waals surface area contributed by atoms with Gasteiger partial charge in [-0.2, -0.15) is 0 Å². The Bertz CT molecular complexity index is 1170. The van der Waals surface area contributed by atoms with Gasteiger partial charge in [0.25, 0.3) is 5.69 Å². The number of aromatic nitrogens is 2. The zero-order chi connectivity index (χ0) is 18.8. The number of phenols is 1. The van der Waals surface area contributed by atoms with Gasteiger partial charge in [0.2, 0.25) is 0 Å². The average molecular weight is 358 g/mol. The minimum atomic E-state index is -0.515. The lowest BCUT2D eigenvalue weighted by Crippen LogP contribution is -1.91. The second-order valence-electron chi connectivity index (χ2n) is 5.88. The van der Waals surface area contributed by atoms with E-state index >= 15 is 0 Å². The zero-order valence-electron chi connectivity index (χ0n) is 14.1. The Hall–Kier alpha value is -4.00. The predicted octanol–water partition coefficient (Wildman–Crippen LogP) is 4.39. The molecule has 27 heavy (non-hydrogen) atoms. The Morgan fingerprint density at radius 2 is 1.89 bits per heavy atom. The molecule has 0 radical (unpaired) electrons. The van der Waals surface area contributed by atoms with Gasteiger partial charge in [-0.25, -0.2) is 4.98 Å². The molecule has 0 aliphatic heterocycles. The number of fused-ring (bicyclic) bond motifs is 1. The number of aromatic hydroxyl groups is 1. The van der Waals surface area contributed by atoms with Crippen molar-refractivity contribution in [3.05, 3.63) is 88.7 Å². The fraction of sp³-hybridized carbons (Fsp3) is 0. The number of benzene rings is 3. The molecule has 3 aromatic carbocycles. The van der Waals surface area contributed by atoms with Gasteiger partial charge in [0.15, 0.2) is 0 Å². The van der Waals surface area contributed by atoms with Crippen molar-refractivity contribution in [3.63, 3.8) is 0 Å². The molecule has 0 unspecified atom stereocenters. The molecule has 132 valence electrons. The van der Waals surface area contributed by atoms with E-state index in [1.54, 1.807) is 6.33 Å². The van der Waals surface area contributed by atoms with Gasteiger partial charge in [0.05, 0.1) is 21.6 Å². The Morgan fingerprint density at radius 1 is 1.07 bits per heavy atom. The second-order valence-corrected chi connectivity index (χ2v) is 5.88. The molecule has 0 atom stereocenters. The first-order valence-corrected chi connectivity index (χ1v) is 8.16. The van der Waals surface area contributed by atoms with Crippen LogP contribution in [0.4, 0.5) is 11.4 Å². The molecule has 0 fully saturated rings. The summed E-state index contributed by atoms with van der Waals surface area (Å²) in [6.07, 6.45) is 3.15. The molecule has 0 aliphatic rings.